The number of nitrogens with zero attached hydrogens (tertiary/aromatic N) is 3. The fraction of sp³-hybridized carbons (Fsp3) is 0.588. The second-order valence-corrected chi connectivity index (χ2v) is 10.1. The van der Waals surface area contributed by atoms with Gasteiger partial charge in [-0.2, -0.15) is 16.1 Å². The number of benzene rings is 1. The second kappa shape index (κ2) is 8.33. The Morgan fingerprint density at radius 1 is 1.16 bits per heavy atom. The molecule has 5 nitrogen and oxygen atoms in total. The second-order valence-electron chi connectivity index (χ2n) is 6.10. The first-order valence-electron chi connectivity index (χ1n) is 8.70. The molecule has 8 heteroatoms. The van der Waals surface area contributed by atoms with Crippen LogP contribution in [0.5, 0.6) is 0 Å². The SMILES string of the molecule is CCn1c(SCCSC)nc2cc(S(=O)(=O)N3CCCCC3)ccc21. The number of aryl methyl sites for hydroxylation is 1. The van der Waals surface area contributed by atoms with Crippen molar-refractivity contribution >= 4 is 44.6 Å². The highest BCUT2D eigenvalue weighted by Crippen LogP contribution is 2.28. The average molecular weight is 400 g/mol. The van der Waals surface area contributed by atoms with E-state index >= 15 is 0 Å². The average Bonchev–Trinajstić information content (AvgIpc) is 2.99. The highest BCUT2D eigenvalue weighted by Gasteiger charge is 2.26. The summed E-state index contributed by atoms with van der Waals surface area (Å²) in [7, 11) is -3.41. The number of piperidine rings is 1. The minimum absolute atomic E-state index is 0.364. The number of rotatable bonds is 7. The zero-order chi connectivity index (χ0) is 17.9. The molecule has 0 amide bonds. The van der Waals surface area contributed by atoms with Gasteiger partial charge >= 0.3 is 0 Å². The number of aromatic nitrogens is 2. The molecule has 2 heterocycles. The first-order valence-corrected chi connectivity index (χ1v) is 12.5. The van der Waals surface area contributed by atoms with Gasteiger partial charge in [-0.3, -0.25) is 0 Å². The molecular weight excluding hydrogens is 374 g/mol. The van der Waals surface area contributed by atoms with Gasteiger partial charge in [-0.15, -0.1) is 0 Å². The maximum Gasteiger partial charge on any atom is 0.243 e. The molecule has 0 unspecified atom stereocenters. The van der Waals surface area contributed by atoms with Crippen LogP contribution in [0.4, 0.5) is 0 Å². The fourth-order valence-electron chi connectivity index (χ4n) is 3.13. The molecule has 0 aliphatic carbocycles. The van der Waals surface area contributed by atoms with Crippen molar-refractivity contribution in [3.8, 4) is 0 Å². The molecule has 1 aromatic heterocycles. The monoisotopic (exact) mass is 399 g/mol. The van der Waals surface area contributed by atoms with Gasteiger partial charge in [-0.1, -0.05) is 18.2 Å². The van der Waals surface area contributed by atoms with Crippen LogP contribution < -0.4 is 0 Å². The van der Waals surface area contributed by atoms with Crippen molar-refractivity contribution in [2.75, 3.05) is 30.9 Å². The zero-order valence-electron chi connectivity index (χ0n) is 14.8. The molecule has 0 spiro atoms. The van der Waals surface area contributed by atoms with Crippen LogP contribution in [-0.2, 0) is 16.6 Å². The van der Waals surface area contributed by atoms with E-state index in [2.05, 4.69) is 17.7 Å². The number of imidazole rings is 1. The third kappa shape index (κ3) is 4.02. The lowest BCUT2D eigenvalue weighted by Crippen LogP contribution is -2.35. The zero-order valence-corrected chi connectivity index (χ0v) is 17.2. The van der Waals surface area contributed by atoms with Crippen molar-refractivity contribution in [3.05, 3.63) is 18.2 Å². The third-order valence-corrected chi connectivity index (χ3v) is 8.22. The van der Waals surface area contributed by atoms with Crippen LogP contribution in [0.25, 0.3) is 11.0 Å². The molecule has 25 heavy (non-hydrogen) atoms. The van der Waals surface area contributed by atoms with E-state index in [4.69, 9.17) is 4.98 Å². The normalized spacial score (nSPS) is 16.6. The smallest absolute Gasteiger partial charge is 0.243 e. The van der Waals surface area contributed by atoms with Gasteiger partial charge in [0.1, 0.15) is 0 Å². The summed E-state index contributed by atoms with van der Waals surface area (Å²) >= 11 is 3.55. The molecule has 0 radical (unpaired) electrons. The lowest BCUT2D eigenvalue weighted by Gasteiger charge is -2.25. The van der Waals surface area contributed by atoms with E-state index in [9.17, 15) is 8.42 Å². The Hall–Kier alpha value is -0.700. The van der Waals surface area contributed by atoms with Crippen molar-refractivity contribution in [1.82, 2.24) is 13.9 Å². The first-order chi connectivity index (χ1) is 12.1. The Kier molecular flexibility index (Phi) is 6.35. The Morgan fingerprint density at radius 3 is 2.60 bits per heavy atom. The Bertz CT molecular complexity index is 827. The van der Waals surface area contributed by atoms with Crippen LogP contribution in [0.15, 0.2) is 28.3 Å². The Balaban J connectivity index is 1.93. The fourth-order valence-corrected chi connectivity index (χ4v) is 6.40. The molecular formula is C17H25N3O2S3. The summed E-state index contributed by atoms with van der Waals surface area (Å²) < 4.78 is 29.6. The van der Waals surface area contributed by atoms with Crippen molar-refractivity contribution in [3.63, 3.8) is 0 Å². The summed E-state index contributed by atoms with van der Waals surface area (Å²) in [5, 5.41) is 0.971. The van der Waals surface area contributed by atoms with Crippen LogP contribution in [0.3, 0.4) is 0 Å². The molecule has 0 N–H and O–H groups in total. The maximum absolute atomic E-state index is 12.9. The van der Waals surface area contributed by atoms with Gasteiger partial charge in [0.25, 0.3) is 0 Å². The van der Waals surface area contributed by atoms with Crippen molar-refractivity contribution in [1.29, 1.82) is 0 Å². The minimum atomic E-state index is -3.41. The van der Waals surface area contributed by atoms with E-state index in [0.29, 0.717) is 18.0 Å². The first kappa shape index (κ1) is 19.1. The molecule has 1 aromatic carbocycles. The highest BCUT2D eigenvalue weighted by atomic mass is 32.2. The van der Waals surface area contributed by atoms with Gasteiger partial charge < -0.3 is 4.57 Å². The number of hydrogen-bond donors (Lipinski definition) is 0. The van der Waals surface area contributed by atoms with Gasteiger partial charge in [0.15, 0.2) is 5.16 Å². The summed E-state index contributed by atoms with van der Waals surface area (Å²) in [5.41, 5.74) is 1.78. The van der Waals surface area contributed by atoms with E-state index in [-0.39, 0.29) is 0 Å². The van der Waals surface area contributed by atoms with E-state index in [0.717, 1.165) is 53.5 Å². The van der Waals surface area contributed by atoms with Crippen molar-refractivity contribution in [2.45, 2.75) is 42.8 Å². The molecule has 1 saturated heterocycles. The molecule has 1 aliphatic heterocycles. The van der Waals surface area contributed by atoms with Crippen LogP contribution in [0.1, 0.15) is 26.2 Å². The van der Waals surface area contributed by atoms with Crippen LogP contribution in [0.2, 0.25) is 0 Å². The number of hydrogen-bond acceptors (Lipinski definition) is 5. The standard InChI is InChI=1S/C17H25N3O2S3/c1-3-20-16-8-7-14(25(21,22)19-9-5-4-6-10-19)13-15(16)18-17(20)24-12-11-23-2/h7-8,13H,3-6,9-12H2,1-2H3. The Morgan fingerprint density at radius 2 is 1.92 bits per heavy atom. The largest absolute Gasteiger partial charge is 0.319 e. The molecule has 1 fully saturated rings. The summed E-state index contributed by atoms with van der Waals surface area (Å²) in [6.45, 7) is 4.17. The molecule has 2 aromatic rings. The molecule has 3 rings (SSSR count). The van der Waals surface area contributed by atoms with Crippen LogP contribution in [0, 0.1) is 0 Å². The summed E-state index contributed by atoms with van der Waals surface area (Å²) in [6.07, 6.45) is 5.11. The maximum atomic E-state index is 12.9. The molecule has 0 bridgehead atoms. The van der Waals surface area contributed by atoms with Gasteiger partial charge in [0, 0.05) is 31.1 Å². The molecule has 0 atom stereocenters. The lowest BCUT2D eigenvalue weighted by atomic mass is 10.2. The highest BCUT2D eigenvalue weighted by molar-refractivity contribution is 8.02. The van der Waals surface area contributed by atoms with Crippen molar-refractivity contribution in [2.24, 2.45) is 0 Å². The lowest BCUT2D eigenvalue weighted by molar-refractivity contribution is 0.346. The van der Waals surface area contributed by atoms with Gasteiger partial charge in [-0.25, -0.2) is 13.4 Å². The Labute approximate surface area is 158 Å². The van der Waals surface area contributed by atoms with E-state index < -0.39 is 10.0 Å². The van der Waals surface area contributed by atoms with E-state index in [1.54, 1.807) is 28.2 Å². The number of thioether (sulfide) groups is 2. The molecule has 138 valence electrons. The van der Waals surface area contributed by atoms with Gasteiger partial charge in [0.2, 0.25) is 10.0 Å². The molecule has 0 saturated carbocycles. The van der Waals surface area contributed by atoms with Crippen LogP contribution >= 0.6 is 23.5 Å². The van der Waals surface area contributed by atoms with Crippen LogP contribution in [-0.4, -0.2) is 53.1 Å². The number of fused-ring (bicyclic) bond motifs is 1. The quantitative estimate of drug-likeness (QED) is 0.525. The van der Waals surface area contributed by atoms with Crippen molar-refractivity contribution < 1.29 is 8.42 Å². The topological polar surface area (TPSA) is 55.2 Å². The third-order valence-electron chi connectivity index (χ3n) is 4.47. The predicted octanol–water partition coefficient (Wildman–Crippen LogP) is 3.69. The summed E-state index contributed by atoms with van der Waals surface area (Å²) in [6, 6.07) is 5.38. The van der Waals surface area contributed by atoms with Gasteiger partial charge in [-0.05, 0) is 44.2 Å². The number of sulfonamides is 1. The van der Waals surface area contributed by atoms with E-state index in [1.165, 1.54) is 0 Å². The molecule has 1 aliphatic rings. The van der Waals surface area contributed by atoms with E-state index in [1.807, 2.05) is 17.8 Å². The predicted molar refractivity (Wildman–Crippen MR) is 107 cm³/mol. The summed E-state index contributed by atoms with van der Waals surface area (Å²) in [5.74, 6) is 2.08. The minimum Gasteiger partial charge on any atom is -0.319 e. The summed E-state index contributed by atoms with van der Waals surface area (Å²) in [4.78, 5) is 5.07. The van der Waals surface area contributed by atoms with Gasteiger partial charge in [0.05, 0.1) is 15.9 Å².